The molecule has 1 heterocycles. The molecule has 0 spiro atoms. The Kier molecular flexibility index (Phi) is 27.8. The lowest BCUT2D eigenvalue weighted by Crippen LogP contribution is -3.00. The van der Waals surface area contributed by atoms with Gasteiger partial charge < -0.3 is 55.2 Å². The molecule has 1 amide bonds. The third kappa shape index (κ3) is 29.1. The fraction of sp³-hybridized carbons (Fsp3) is 0.833. The van der Waals surface area contributed by atoms with Crippen molar-refractivity contribution in [1.82, 2.24) is 4.90 Å². The summed E-state index contributed by atoms with van der Waals surface area (Å²) >= 11 is 0. The molecular weight excluding hydrogens is 794 g/mol. The Balaban J connectivity index is 0. The van der Waals surface area contributed by atoms with Crippen LogP contribution in [0.1, 0.15) is 161 Å². The van der Waals surface area contributed by atoms with Crippen LogP contribution >= 0.6 is 0 Å². The Labute approximate surface area is 358 Å². The average Bonchev–Trinajstić information content (AvgIpc) is 3.03. The zero-order chi connectivity index (χ0) is 44.7. The maximum Gasteiger partial charge on any atom is 0.519 e. The smallest absolute Gasteiger partial charge is 0.519 e. The van der Waals surface area contributed by atoms with Crippen LogP contribution in [0.2, 0.25) is 0 Å². The highest BCUT2D eigenvalue weighted by Gasteiger charge is 2.39. The van der Waals surface area contributed by atoms with Gasteiger partial charge in [0.1, 0.15) is 16.8 Å². The molecule has 1 saturated carbocycles. The third-order valence-corrected chi connectivity index (χ3v) is 8.24. The Morgan fingerprint density at radius 3 is 1.08 bits per heavy atom. The molecule has 2 rings (SSSR count). The van der Waals surface area contributed by atoms with Gasteiger partial charge in [-0.25, -0.2) is 14.4 Å². The highest BCUT2D eigenvalue weighted by molar-refractivity contribution is 5.77. The van der Waals surface area contributed by atoms with Crippen molar-refractivity contribution in [2.45, 2.75) is 190 Å². The summed E-state index contributed by atoms with van der Waals surface area (Å²) in [6, 6.07) is -0.663. The molecule has 16 nitrogen and oxygen atoms in total. The van der Waals surface area contributed by atoms with Gasteiger partial charge >= 0.3 is 42.3 Å². The van der Waals surface area contributed by atoms with E-state index in [4.69, 9.17) is 33.2 Å². The quantitative estimate of drug-likeness (QED) is 0.133. The van der Waals surface area contributed by atoms with Crippen LogP contribution in [-0.2, 0) is 57.1 Å². The molecule has 2 fully saturated rings. The number of carbonyl (C=O) groups is 7. The van der Waals surface area contributed by atoms with E-state index >= 15 is 0 Å². The molecule has 0 aromatic heterocycles. The molecule has 0 aromatic rings. The van der Waals surface area contributed by atoms with Crippen LogP contribution in [0.25, 0.3) is 0 Å². The van der Waals surface area contributed by atoms with Crippen LogP contribution in [0.4, 0.5) is 14.4 Å². The van der Waals surface area contributed by atoms with Crippen molar-refractivity contribution in [3.05, 3.63) is 0 Å². The highest BCUT2D eigenvalue weighted by atomic mass is 35.5. The van der Waals surface area contributed by atoms with Crippen LogP contribution in [0.15, 0.2) is 0 Å². The summed E-state index contributed by atoms with van der Waals surface area (Å²) in [6.07, 6.45) is 4.92. The molecule has 17 heteroatoms. The third-order valence-electron chi connectivity index (χ3n) is 8.24. The number of piperidine rings is 1. The summed E-state index contributed by atoms with van der Waals surface area (Å²) in [5, 5.41) is 0. The number of ether oxygens (including phenoxy) is 8. The van der Waals surface area contributed by atoms with Gasteiger partial charge in [0.25, 0.3) is 0 Å². The van der Waals surface area contributed by atoms with Crippen LogP contribution < -0.4 is 12.4 Å². The van der Waals surface area contributed by atoms with Gasteiger partial charge in [-0.1, -0.05) is 6.42 Å². The predicted molar refractivity (Wildman–Crippen MR) is 214 cm³/mol. The number of likely N-dealkylation sites (tertiary alicyclic amines) is 1. The van der Waals surface area contributed by atoms with Crippen molar-refractivity contribution < 1.29 is 83.9 Å². The molecule has 59 heavy (non-hydrogen) atoms. The molecule has 344 valence electrons. The molecule has 0 radical (unpaired) electrons. The SMILES string of the molecule is CC(C)(C)OC(=O)OC(=O)OC(C)(C)C.CCOC(=O)CC1CCCC(CC(=O)OCC)C1.CCOC(=O)CC1CCCC(CC(=O)OCC)N1C(=O)OC(C)(C)C.[Cl-]. The maximum absolute atomic E-state index is 12.7. The van der Waals surface area contributed by atoms with E-state index in [1.54, 1.807) is 81.1 Å². The van der Waals surface area contributed by atoms with Gasteiger partial charge in [-0.15, -0.1) is 0 Å². The van der Waals surface area contributed by atoms with Crippen molar-refractivity contribution >= 4 is 42.3 Å². The first-order valence-electron chi connectivity index (χ1n) is 20.6. The summed E-state index contributed by atoms with van der Waals surface area (Å²) in [7, 11) is 0. The largest absolute Gasteiger partial charge is 1.00 e. The molecule has 4 atom stereocenters. The lowest BCUT2D eigenvalue weighted by Gasteiger charge is -2.41. The fourth-order valence-electron chi connectivity index (χ4n) is 6.30. The number of esters is 4. The summed E-state index contributed by atoms with van der Waals surface area (Å²) in [4.78, 5) is 82.9. The number of hydrogen-bond acceptors (Lipinski definition) is 15. The van der Waals surface area contributed by atoms with E-state index in [-0.39, 0.29) is 61.2 Å². The van der Waals surface area contributed by atoms with Gasteiger partial charge in [0, 0.05) is 24.9 Å². The van der Waals surface area contributed by atoms with E-state index in [0.717, 1.165) is 32.1 Å². The van der Waals surface area contributed by atoms with E-state index < -0.39 is 35.2 Å². The fourth-order valence-corrected chi connectivity index (χ4v) is 6.30. The number of amides is 1. The van der Waals surface area contributed by atoms with E-state index in [2.05, 4.69) is 4.74 Å². The first kappa shape index (κ1) is 57.3. The Morgan fingerprint density at radius 2 is 0.780 bits per heavy atom. The van der Waals surface area contributed by atoms with Crippen LogP contribution in [0.3, 0.4) is 0 Å². The number of nitrogens with zero attached hydrogens (tertiary/aromatic N) is 1. The van der Waals surface area contributed by atoms with Gasteiger partial charge in [-0.3, -0.25) is 19.2 Å². The second-order valence-corrected chi connectivity index (χ2v) is 17.1. The van der Waals surface area contributed by atoms with Gasteiger partial charge in [-0.05, 0) is 140 Å². The second kappa shape index (κ2) is 28.6. The molecule has 4 unspecified atom stereocenters. The van der Waals surface area contributed by atoms with Crippen molar-refractivity contribution in [3.8, 4) is 0 Å². The topological polar surface area (TPSA) is 197 Å². The summed E-state index contributed by atoms with van der Waals surface area (Å²) in [5.41, 5.74) is -2.05. The molecule has 2 aliphatic rings. The molecule has 0 N–H and O–H groups in total. The summed E-state index contributed by atoms with van der Waals surface area (Å²) in [6.45, 7) is 24.0. The zero-order valence-electron chi connectivity index (χ0n) is 37.9. The number of carbonyl (C=O) groups excluding carboxylic acids is 7. The minimum Gasteiger partial charge on any atom is -1.00 e. The van der Waals surface area contributed by atoms with E-state index in [9.17, 15) is 33.6 Å². The van der Waals surface area contributed by atoms with Crippen LogP contribution in [-0.4, -0.2) is 102 Å². The van der Waals surface area contributed by atoms with Gasteiger partial charge in [0.05, 0.1) is 39.3 Å². The monoisotopic (exact) mass is 866 g/mol. The minimum atomic E-state index is -1.06. The number of halogens is 1. The highest BCUT2D eigenvalue weighted by Crippen LogP contribution is 2.33. The van der Waals surface area contributed by atoms with Crippen molar-refractivity contribution in [2.75, 3.05) is 26.4 Å². The Bertz CT molecular complexity index is 1220. The van der Waals surface area contributed by atoms with Gasteiger partial charge in [0.2, 0.25) is 0 Å². The first-order chi connectivity index (χ1) is 26.8. The van der Waals surface area contributed by atoms with Crippen molar-refractivity contribution in [3.63, 3.8) is 0 Å². The molecule has 1 aliphatic heterocycles. The van der Waals surface area contributed by atoms with Crippen LogP contribution in [0.5, 0.6) is 0 Å². The van der Waals surface area contributed by atoms with Crippen LogP contribution in [0, 0.1) is 11.8 Å². The Morgan fingerprint density at radius 1 is 0.475 bits per heavy atom. The van der Waals surface area contributed by atoms with E-state index in [0.29, 0.717) is 63.9 Å². The lowest BCUT2D eigenvalue weighted by molar-refractivity contribution is -0.147. The number of rotatable bonds is 12. The van der Waals surface area contributed by atoms with E-state index in [1.165, 1.54) is 0 Å². The summed E-state index contributed by atoms with van der Waals surface area (Å²) in [5.74, 6) is -0.177. The Hall–Kier alpha value is -3.82. The zero-order valence-corrected chi connectivity index (χ0v) is 38.6. The minimum absolute atomic E-state index is 0. The molecule has 0 bridgehead atoms. The second-order valence-electron chi connectivity index (χ2n) is 17.1. The predicted octanol–water partition coefficient (Wildman–Crippen LogP) is 5.63. The standard InChI is InChI=1S/C18H31NO6.C14H24O4.C10H18O5.ClH/c1-6-23-15(20)11-13-9-8-10-14(12-16(21)24-7-2)19(13)17(22)25-18(3,4)5;1-3-17-13(15)9-11-6-5-7-12(8-11)10-14(16)18-4-2;1-9(2,3)14-7(11)13-8(12)15-10(4,5)6;/h13-14H,6-12H2,1-5H3;11-12H,3-10H2,1-2H3;1-6H3;1H/p-1. The number of hydrogen-bond donors (Lipinski definition) is 0. The molecule has 1 aliphatic carbocycles. The normalized spacial score (nSPS) is 19.0. The summed E-state index contributed by atoms with van der Waals surface area (Å²) < 4.78 is 39.3. The van der Waals surface area contributed by atoms with Gasteiger partial charge in [-0.2, -0.15) is 0 Å². The molecule has 0 aromatic carbocycles. The maximum atomic E-state index is 12.7. The average molecular weight is 867 g/mol. The lowest BCUT2D eigenvalue weighted by atomic mass is 9.78. The van der Waals surface area contributed by atoms with Crippen molar-refractivity contribution in [1.29, 1.82) is 0 Å². The van der Waals surface area contributed by atoms with Gasteiger partial charge in [0.15, 0.2) is 0 Å². The molecular formula is C42H73ClNO15-. The first-order valence-corrected chi connectivity index (χ1v) is 20.6. The van der Waals surface area contributed by atoms with Crippen molar-refractivity contribution in [2.24, 2.45) is 11.8 Å². The van der Waals surface area contributed by atoms with E-state index in [1.807, 2.05) is 13.8 Å². The molecule has 1 saturated heterocycles.